The Morgan fingerprint density at radius 1 is 1.22 bits per heavy atom. The fraction of sp³-hybridized carbons (Fsp3) is 0.500. The first-order valence-electron chi connectivity index (χ1n) is 12.2. The molecule has 4 N–H and O–H groups in total. The third-order valence-corrected chi connectivity index (χ3v) is 9.30. The molecule has 3 aromatic heterocycles. The summed E-state index contributed by atoms with van der Waals surface area (Å²) in [5.74, 6) is 0.0267. The molecule has 0 spiro atoms. The second-order valence-corrected chi connectivity index (χ2v) is 11.4. The Balaban J connectivity index is 1.46. The van der Waals surface area contributed by atoms with E-state index in [1.54, 1.807) is 30.5 Å². The molecule has 192 valence electrons. The van der Waals surface area contributed by atoms with E-state index in [9.17, 15) is 19.8 Å². The van der Waals surface area contributed by atoms with E-state index in [4.69, 9.17) is 13.8 Å². The topological polar surface area (TPSA) is 138 Å². The molecular weight excluding hydrogens is 482 g/mol. The zero-order valence-corrected chi connectivity index (χ0v) is 21.1. The summed E-state index contributed by atoms with van der Waals surface area (Å²) in [5, 5.41) is 27.5. The number of anilines is 1. The molecule has 0 bridgehead atoms. The van der Waals surface area contributed by atoms with Crippen LogP contribution in [0.1, 0.15) is 65.9 Å². The Morgan fingerprint density at radius 3 is 2.69 bits per heavy atom. The number of nitrogens with one attached hydrogen (secondary N) is 2. The van der Waals surface area contributed by atoms with Crippen LogP contribution in [0, 0.1) is 16.7 Å². The van der Waals surface area contributed by atoms with Crippen LogP contribution >= 0.6 is 11.3 Å². The van der Waals surface area contributed by atoms with Crippen molar-refractivity contribution in [3.8, 4) is 0 Å². The largest absolute Gasteiger partial charge is 0.467 e. The zero-order chi connectivity index (χ0) is 25.5. The normalized spacial score (nSPS) is 29.3. The highest BCUT2D eigenvalue weighted by Gasteiger charge is 2.59. The van der Waals surface area contributed by atoms with Crippen LogP contribution in [0.2, 0.25) is 0 Å². The second kappa shape index (κ2) is 9.49. The van der Waals surface area contributed by atoms with Crippen LogP contribution in [0.15, 0.2) is 45.6 Å². The molecule has 0 saturated heterocycles. The minimum Gasteiger partial charge on any atom is -0.467 e. The first kappa shape index (κ1) is 24.7. The first-order chi connectivity index (χ1) is 17.2. The monoisotopic (exact) mass is 513 g/mol. The van der Waals surface area contributed by atoms with Crippen molar-refractivity contribution >= 4 is 28.3 Å². The lowest BCUT2D eigenvalue weighted by molar-refractivity contribution is -0.144. The van der Waals surface area contributed by atoms with Crippen molar-refractivity contribution in [1.29, 1.82) is 0 Å². The van der Waals surface area contributed by atoms with E-state index < -0.39 is 17.4 Å². The number of hydrogen-bond donors (Lipinski definition) is 4. The Bertz CT molecular complexity index is 1220. The van der Waals surface area contributed by atoms with Crippen molar-refractivity contribution in [1.82, 2.24) is 10.3 Å². The Morgan fingerprint density at radius 2 is 2.00 bits per heavy atom. The van der Waals surface area contributed by atoms with Crippen LogP contribution in [-0.4, -0.2) is 39.7 Å². The Kier molecular flexibility index (Phi) is 6.52. The molecule has 2 amide bonds. The van der Waals surface area contributed by atoms with Gasteiger partial charge in [0.15, 0.2) is 10.9 Å². The molecule has 9 nitrogen and oxygen atoms in total. The predicted octanol–water partition coefficient (Wildman–Crippen LogP) is 3.70. The molecule has 5 rings (SSSR count). The molecule has 0 unspecified atom stereocenters. The van der Waals surface area contributed by atoms with Crippen molar-refractivity contribution in [2.24, 2.45) is 16.7 Å². The molecule has 36 heavy (non-hydrogen) atoms. The van der Waals surface area contributed by atoms with Gasteiger partial charge in [0, 0.05) is 22.6 Å². The molecule has 0 aliphatic heterocycles. The van der Waals surface area contributed by atoms with Crippen LogP contribution in [-0.2, 0) is 17.8 Å². The molecule has 1 saturated carbocycles. The van der Waals surface area contributed by atoms with Gasteiger partial charge in [0.1, 0.15) is 5.76 Å². The van der Waals surface area contributed by atoms with E-state index in [-0.39, 0.29) is 41.9 Å². The summed E-state index contributed by atoms with van der Waals surface area (Å²) in [4.78, 5) is 31.4. The third kappa shape index (κ3) is 4.27. The Hall–Kier alpha value is -2.95. The van der Waals surface area contributed by atoms with Crippen molar-refractivity contribution in [3.05, 3.63) is 58.9 Å². The molecule has 3 heterocycles. The SMILES string of the molecule is C[C@]1(CO)[C@H]2Cc3sc(NC(=O)c4ccco4)nc3[C@@H](CC(=O)NCc3ccco3)[C@]2(C)CC[C@H]1O. The van der Waals surface area contributed by atoms with E-state index in [0.717, 1.165) is 10.6 Å². The fourth-order valence-electron chi connectivity index (χ4n) is 6.12. The highest BCUT2D eigenvalue weighted by Crippen LogP contribution is 2.62. The predicted molar refractivity (Wildman–Crippen MR) is 132 cm³/mol. The molecule has 10 heteroatoms. The summed E-state index contributed by atoms with van der Waals surface area (Å²) in [7, 11) is 0. The van der Waals surface area contributed by atoms with Gasteiger partial charge in [-0.15, -0.1) is 11.3 Å². The maximum atomic E-state index is 13.1. The molecule has 0 aromatic carbocycles. The van der Waals surface area contributed by atoms with Gasteiger partial charge in [0.2, 0.25) is 5.91 Å². The number of aliphatic hydroxyl groups is 2. The lowest BCUT2D eigenvalue weighted by Crippen LogP contribution is -2.57. The van der Waals surface area contributed by atoms with Gasteiger partial charge in [-0.2, -0.15) is 0 Å². The summed E-state index contributed by atoms with van der Waals surface area (Å²) in [6.45, 7) is 4.22. The molecular formula is C26H31N3O6S. The van der Waals surface area contributed by atoms with Crippen LogP contribution in [0.5, 0.6) is 0 Å². The maximum Gasteiger partial charge on any atom is 0.293 e. The summed E-state index contributed by atoms with van der Waals surface area (Å²) >= 11 is 1.38. The van der Waals surface area contributed by atoms with Crippen LogP contribution in [0.25, 0.3) is 0 Å². The van der Waals surface area contributed by atoms with Gasteiger partial charge in [-0.05, 0) is 54.9 Å². The van der Waals surface area contributed by atoms with Crippen LogP contribution in [0.3, 0.4) is 0 Å². The number of amides is 2. The Labute approximate surface area is 212 Å². The van der Waals surface area contributed by atoms with Crippen molar-refractivity contribution in [2.45, 2.75) is 58.1 Å². The van der Waals surface area contributed by atoms with Gasteiger partial charge in [0.05, 0.1) is 37.5 Å². The molecule has 3 aromatic rings. The lowest BCUT2D eigenvalue weighted by Gasteiger charge is -2.58. The smallest absolute Gasteiger partial charge is 0.293 e. The van der Waals surface area contributed by atoms with E-state index in [1.807, 2.05) is 6.92 Å². The highest BCUT2D eigenvalue weighted by atomic mass is 32.1. The number of aromatic nitrogens is 1. The van der Waals surface area contributed by atoms with E-state index in [2.05, 4.69) is 17.6 Å². The van der Waals surface area contributed by atoms with Crippen molar-refractivity contribution in [3.63, 3.8) is 0 Å². The summed E-state index contributed by atoms with van der Waals surface area (Å²) < 4.78 is 10.5. The average molecular weight is 514 g/mol. The highest BCUT2D eigenvalue weighted by molar-refractivity contribution is 7.15. The zero-order valence-electron chi connectivity index (χ0n) is 20.3. The third-order valence-electron chi connectivity index (χ3n) is 8.29. The summed E-state index contributed by atoms with van der Waals surface area (Å²) in [5.41, 5.74) is -0.282. The van der Waals surface area contributed by atoms with Gasteiger partial charge in [-0.25, -0.2) is 4.98 Å². The van der Waals surface area contributed by atoms with E-state index >= 15 is 0 Å². The molecule has 0 radical (unpaired) electrons. The first-order valence-corrected chi connectivity index (χ1v) is 13.0. The number of nitrogens with zero attached hydrogens (tertiary/aromatic N) is 1. The number of carbonyl (C=O) groups excluding carboxylic acids is 2. The van der Waals surface area contributed by atoms with E-state index in [0.29, 0.717) is 36.7 Å². The number of furan rings is 2. The maximum absolute atomic E-state index is 13.1. The van der Waals surface area contributed by atoms with Crippen LogP contribution < -0.4 is 10.6 Å². The van der Waals surface area contributed by atoms with Crippen molar-refractivity contribution < 1.29 is 28.6 Å². The number of aliphatic hydroxyl groups excluding tert-OH is 2. The van der Waals surface area contributed by atoms with E-state index in [1.165, 1.54) is 17.6 Å². The quantitative estimate of drug-likeness (QED) is 0.378. The van der Waals surface area contributed by atoms with Gasteiger partial charge in [-0.3, -0.25) is 14.9 Å². The fourth-order valence-corrected chi connectivity index (χ4v) is 7.19. The minimum absolute atomic E-state index is 0.0665. The average Bonchev–Trinajstić information content (AvgIpc) is 3.63. The minimum atomic E-state index is -0.713. The van der Waals surface area contributed by atoms with Gasteiger partial charge < -0.3 is 24.4 Å². The molecule has 2 aliphatic rings. The van der Waals surface area contributed by atoms with Gasteiger partial charge >= 0.3 is 0 Å². The standard InChI is InChI=1S/C26H31N3O6S/c1-25-8-7-20(31)26(2,14-30)19(25)12-18-22(16(25)11-21(32)27-13-15-5-3-9-34-15)28-24(36-18)29-23(33)17-6-4-10-35-17/h3-6,9-10,16,19-20,30-31H,7-8,11-14H2,1-2H3,(H,27,32)(H,28,29,33)/t16-,19+,20-,25+,26+/m1/s1. The van der Waals surface area contributed by atoms with Crippen molar-refractivity contribution in [2.75, 3.05) is 11.9 Å². The number of rotatable bonds is 7. The number of carbonyl (C=O) groups is 2. The number of fused-ring (bicyclic) bond motifs is 2. The summed E-state index contributed by atoms with van der Waals surface area (Å²) in [6.07, 6.45) is 4.42. The molecule has 5 atom stereocenters. The lowest BCUT2D eigenvalue weighted by atomic mass is 9.47. The van der Waals surface area contributed by atoms with Crippen LogP contribution in [0.4, 0.5) is 5.13 Å². The molecule has 1 fully saturated rings. The molecule has 2 aliphatic carbocycles. The van der Waals surface area contributed by atoms with Gasteiger partial charge in [0.25, 0.3) is 5.91 Å². The van der Waals surface area contributed by atoms with Gasteiger partial charge in [-0.1, -0.05) is 13.8 Å². The summed E-state index contributed by atoms with van der Waals surface area (Å²) in [6, 6.07) is 6.81. The second-order valence-electron chi connectivity index (χ2n) is 10.4. The number of hydrogen-bond acceptors (Lipinski definition) is 8. The number of thiazole rings is 1.